The molecule has 1 heterocycles. The molecule has 0 aromatic heterocycles. The smallest absolute Gasteiger partial charge is 0.379 e. The number of hydrogen-bond acceptors (Lipinski definition) is 4. The Bertz CT molecular complexity index is 128. The maximum absolute atomic E-state index is 9.67. The largest absolute Gasteiger partial charge is 0.516 e. The standard InChI is InChI=1S/C3HNO3/c4-1-2-6-3(5)7-2/h2H. The summed E-state index contributed by atoms with van der Waals surface area (Å²) in [6.07, 6.45) is -1.72. The second-order valence-electron chi connectivity index (χ2n) is 0.947. The topological polar surface area (TPSA) is 59.3 Å². The van der Waals surface area contributed by atoms with Crippen molar-refractivity contribution in [3.63, 3.8) is 0 Å². The van der Waals surface area contributed by atoms with Crippen LogP contribution in [0.5, 0.6) is 0 Å². The molecular formula is C3HNO3. The van der Waals surface area contributed by atoms with Crippen LogP contribution in [0.15, 0.2) is 0 Å². The highest BCUT2D eigenvalue weighted by atomic mass is 16.9. The van der Waals surface area contributed by atoms with Crippen LogP contribution in [-0.4, -0.2) is 12.4 Å². The fourth-order valence-corrected chi connectivity index (χ4v) is 0.236. The van der Waals surface area contributed by atoms with Crippen molar-refractivity contribution in [3.05, 3.63) is 0 Å². The van der Waals surface area contributed by atoms with Crippen molar-refractivity contribution in [2.45, 2.75) is 6.29 Å². The van der Waals surface area contributed by atoms with Crippen LogP contribution < -0.4 is 0 Å². The van der Waals surface area contributed by atoms with Gasteiger partial charge in [-0.1, -0.05) is 0 Å². The summed E-state index contributed by atoms with van der Waals surface area (Å²) in [5.41, 5.74) is 0. The summed E-state index contributed by atoms with van der Waals surface area (Å²) in [6.45, 7) is 0. The molecule has 1 aliphatic rings. The van der Waals surface area contributed by atoms with Gasteiger partial charge in [0.05, 0.1) is 0 Å². The van der Waals surface area contributed by atoms with Gasteiger partial charge in [-0.05, 0) is 0 Å². The van der Waals surface area contributed by atoms with Crippen molar-refractivity contribution in [3.8, 4) is 6.07 Å². The maximum atomic E-state index is 9.67. The Balaban J connectivity index is 2.34. The number of rotatable bonds is 0. The third kappa shape index (κ3) is 0.473. The molecule has 1 aliphatic heterocycles. The minimum Gasteiger partial charge on any atom is -0.379 e. The molecule has 0 N–H and O–H groups in total. The highest BCUT2D eigenvalue weighted by molar-refractivity contribution is 5.64. The van der Waals surface area contributed by atoms with E-state index in [4.69, 9.17) is 5.26 Å². The molecule has 0 atom stereocenters. The van der Waals surface area contributed by atoms with Crippen LogP contribution in [0.4, 0.5) is 4.79 Å². The van der Waals surface area contributed by atoms with Gasteiger partial charge in [0, 0.05) is 0 Å². The predicted molar refractivity (Wildman–Crippen MR) is 17.0 cm³/mol. The van der Waals surface area contributed by atoms with Gasteiger partial charge in [-0.15, -0.1) is 0 Å². The van der Waals surface area contributed by atoms with Gasteiger partial charge < -0.3 is 9.47 Å². The number of ether oxygens (including phenoxy) is 2. The molecular weight excluding hydrogens is 98.0 g/mol. The molecule has 0 unspecified atom stereocenters. The normalized spacial score (nSPS) is 18.4. The number of hydrogen-bond donors (Lipinski definition) is 0. The van der Waals surface area contributed by atoms with E-state index in [2.05, 4.69) is 9.47 Å². The van der Waals surface area contributed by atoms with E-state index in [0.717, 1.165) is 0 Å². The van der Waals surface area contributed by atoms with Gasteiger partial charge in [0.15, 0.2) is 6.07 Å². The zero-order valence-electron chi connectivity index (χ0n) is 3.25. The first-order valence-electron chi connectivity index (χ1n) is 1.60. The van der Waals surface area contributed by atoms with E-state index in [0.29, 0.717) is 0 Å². The first kappa shape index (κ1) is 3.93. The summed E-state index contributed by atoms with van der Waals surface area (Å²) in [4.78, 5) is 9.67. The fourth-order valence-electron chi connectivity index (χ4n) is 0.236. The molecule has 0 aromatic rings. The van der Waals surface area contributed by atoms with Gasteiger partial charge in [-0.2, -0.15) is 5.26 Å². The molecule has 36 valence electrons. The van der Waals surface area contributed by atoms with Crippen LogP contribution in [0.2, 0.25) is 0 Å². The monoisotopic (exact) mass is 99.0 g/mol. The van der Waals surface area contributed by atoms with E-state index in [1.54, 1.807) is 6.07 Å². The quantitative estimate of drug-likeness (QED) is 0.401. The van der Waals surface area contributed by atoms with E-state index in [9.17, 15) is 4.79 Å². The Morgan fingerprint density at radius 1 is 1.71 bits per heavy atom. The Morgan fingerprint density at radius 2 is 2.29 bits per heavy atom. The van der Waals surface area contributed by atoms with Crippen LogP contribution in [-0.2, 0) is 9.47 Å². The van der Waals surface area contributed by atoms with Crippen LogP contribution in [0.3, 0.4) is 0 Å². The predicted octanol–water partition coefficient (Wildman–Crippen LogP) is 0.00288. The van der Waals surface area contributed by atoms with Crippen molar-refractivity contribution in [2.75, 3.05) is 0 Å². The van der Waals surface area contributed by atoms with Crippen molar-refractivity contribution in [2.24, 2.45) is 0 Å². The average molecular weight is 99.0 g/mol. The highest BCUT2D eigenvalue weighted by Gasteiger charge is 2.29. The molecule has 0 saturated carbocycles. The molecule has 1 saturated heterocycles. The third-order valence-electron chi connectivity index (χ3n) is 0.512. The van der Waals surface area contributed by atoms with Gasteiger partial charge in [0.25, 0.3) is 0 Å². The lowest BCUT2D eigenvalue weighted by molar-refractivity contribution is -0.149. The van der Waals surface area contributed by atoms with Gasteiger partial charge >= 0.3 is 12.4 Å². The van der Waals surface area contributed by atoms with Crippen molar-refractivity contribution in [1.82, 2.24) is 0 Å². The number of carbonyl (C=O) groups is 1. The van der Waals surface area contributed by atoms with Gasteiger partial charge in [-0.25, -0.2) is 4.79 Å². The molecule has 4 nitrogen and oxygen atoms in total. The molecule has 0 radical (unpaired) electrons. The molecule has 0 bridgehead atoms. The Morgan fingerprint density at radius 3 is 2.43 bits per heavy atom. The minimum atomic E-state index is -0.951. The van der Waals surface area contributed by atoms with Crippen LogP contribution in [0.25, 0.3) is 0 Å². The maximum Gasteiger partial charge on any atom is 0.516 e. The Kier molecular flexibility index (Phi) is 0.628. The van der Waals surface area contributed by atoms with E-state index >= 15 is 0 Å². The summed E-state index contributed by atoms with van der Waals surface area (Å²) in [6, 6.07) is 1.57. The number of carbonyl (C=O) groups excluding carboxylic acids is 1. The zero-order chi connectivity index (χ0) is 5.28. The molecule has 1 rings (SSSR count). The molecule has 7 heavy (non-hydrogen) atoms. The summed E-state index contributed by atoms with van der Waals surface area (Å²) in [7, 11) is 0. The minimum absolute atomic E-state index is 0.772. The fraction of sp³-hybridized carbons (Fsp3) is 0.333. The van der Waals surface area contributed by atoms with Crippen molar-refractivity contribution < 1.29 is 14.3 Å². The van der Waals surface area contributed by atoms with Crippen LogP contribution in [0, 0.1) is 11.3 Å². The third-order valence-corrected chi connectivity index (χ3v) is 0.512. The molecule has 0 amide bonds. The van der Waals surface area contributed by atoms with Crippen molar-refractivity contribution >= 4 is 6.16 Å². The lowest BCUT2D eigenvalue weighted by Gasteiger charge is -2.17. The van der Waals surface area contributed by atoms with E-state index in [1.165, 1.54) is 0 Å². The second-order valence-corrected chi connectivity index (χ2v) is 0.947. The average Bonchev–Trinajstić information content (AvgIpc) is 1.58. The summed E-state index contributed by atoms with van der Waals surface area (Å²) in [5.74, 6) is 0. The number of nitriles is 1. The molecule has 1 fully saturated rings. The number of cyclic esters (lactones) is 2. The van der Waals surface area contributed by atoms with Gasteiger partial charge in [0.1, 0.15) is 0 Å². The highest BCUT2D eigenvalue weighted by Crippen LogP contribution is 2.07. The first-order valence-corrected chi connectivity index (χ1v) is 1.60. The van der Waals surface area contributed by atoms with Crippen LogP contribution >= 0.6 is 0 Å². The second kappa shape index (κ2) is 1.12. The lowest BCUT2D eigenvalue weighted by atomic mass is 10.7. The molecule has 0 aromatic carbocycles. The molecule has 4 heteroatoms. The lowest BCUT2D eigenvalue weighted by Crippen LogP contribution is -2.33. The van der Waals surface area contributed by atoms with E-state index in [1.807, 2.05) is 0 Å². The Hall–Kier alpha value is -1.24. The molecule has 0 aliphatic carbocycles. The summed E-state index contributed by atoms with van der Waals surface area (Å²) < 4.78 is 8.13. The Labute approximate surface area is 39.2 Å². The van der Waals surface area contributed by atoms with E-state index < -0.39 is 12.4 Å². The van der Waals surface area contributed by atoms with Crippen LogP contribution in [0.1, 0.15) is 0 Å². The summed E-state index contributed by atoms with van der Waals surface area (Å²) in [5, 5.41) is 7.85. The van der Waals surface area contributed by atoms with Crippen molar-refractivity contribution in [1.29, 1.82) is 5.26 Å². The molecule has 0 spiro atoms. The summed E-state index contributed by atoms with van der Waals surface area (Å²) >= 11 is 0. The van der Waals surface area contributed by atoms with Gasteiger partial charge in [-0.3, -0.25) is 0 Å². The van der Waals surface area contributed by atoms with E-state index in [-0.39, 0.29) is 0 Å². The van der Waals surface area contributed by atoms with Gasteiger partial charge in [0.2, 0.25) is 0 Å². The number of nitrogens with zero attached hydrogens (tertiary/aromatic N) is 1. The SMILES string of the molecule is N#CC1OC(=O)O1. The zero-order valence-corrected chi connectivity index (χ0v) is 3.25. The first-order chi connectivity index (χ1) is 3.33.